The maximum Gasteiger partial charge on any atom is 0.283 e. The number of hydrazone groups is 1. The van der Waals surface area contributed by atoms with Gasteiger partial charge in [0.1, 0.15) is 6.34 Å². The van der Waals surface area contributed by atoms with Crippen LogP contribution in [0.5, 0.6) is 0 Å². The summed E-state index contributed by atoms with van der Waals surface area (Å²) in [5.41, 5.74) is 4.23. The Morgan fingerprint density at radius 3 is 2.21 bits per heavy atom. The summed E-state index contributed by atoms with van der Waals surface area (Å²) in [6, 6.07) is 26.5. The van der Waals surface area contributed by atoms with Gasteiger partial charge in [-0.05, 0) is 30.2 Å². The van der Waals surface area contributed by atoms with Gasteiger partial charge in [-0.25, -0.2) is 0 Å². The molecule has 1 atom stereocenters. The molecule has 1 unspecified atom stereocenters. The van der Waals surface area contributed by atoms with E-state index in [1.807, 2.05) is 37.3 Å². The van der Waals surface area contributed by atoms with Crippen molar-refractivity contribution in [2.75, 3.05) is 6.54 Å². The van der Waals surface area contributed by atoms with Crippen molar-refractivity contribution >= 4 is 22.1 Å². The lowest BCUT2D eigenvalue weighted by molar-refractivity contribution is 0.489. The molecule has 0 N–H and O–H groups in total. The Balaban J connectivity index is 1.65. The SMILES string of the molecule is Cc1ccc(C2=NN(/C=N/S(=O)(=O)c3ccccc3)CC2c2ccccc2)cc1. The summed E-state index contributed by atoms with van der Waals surface area (Å²) in [4.78, 5) is 0.165. The van der Waals surface area contributed by atoms with Crippen molar-refractivity contribution in [3.63, 3.8) is 0 Å². The van der Waals surface area contributed by atoms with Crippen molar-refractivity contribution in [1.29, 1.82) is 0 Å². The van der Waals surface area contributed by atoms with Gasteiger partial charge in [-0.2, -0.15) is 13.5 Å². The van der Waals surface area contributed by atoms with Crippen LogP contribution in [0.15, 0.2) is 99.3 Å². The molecule has 1 heterocycles. The lowest BCUT2D eigenvalue weighted by Gasteiger charge is -2.13. The zero-order valence-electron chi connectivity index (χ0n) is 16.0. The Bertz CT molecular complexity index is 1140. The molecule has 1 aliphatic rings. The van der Waals surface area contributed by atoms with Gasteiger partial charge in [0.2, 0.25) is 0 Å². The molecule has 146 valence electrons. The predicted molar refractivity (Wildman–Crippen MR) is 116 cm³/mol. The summed E-state index contributed by atoms with van der Waals surface area (Å²) in [6.07, 6.45) is 1.31. The van der Waals surface area contributed by atoms with Crippen molar-refractivity contribution in [2.24, 2.45) is 9.50 Å². The van der Waals surface area contributed by atoms with E-state index in [2.05, 4.69) is 33.8 Å². The summed E-state index contributed by atoms with van der Waals surface area (Å²) < 4.78 is 28.8. The van der Waals surface area contributed by atoms with E-state index in [1.165, 1.54) is 24.0 Å². The number of nitrogens with zero attached hydrogens (tertiary/aromatic N) is 3. The summed E-state index contributed by atoms with van der Waals surface area (Å²) in [5.74, 6) is 0.0322. The largest absolute Gasteiger partial charge is 0.283 e. The third-order valence-corrected chi connectivity index (χ3v) is 6.09. The van der Waals surface area contributed by atoms with Gasteiger partial charge in [0.05, 0.1) is 17.2 Å². The Labute approximate surface area is 171 Å². The van der Waals surface area contributed by atoms with E-state index in [0.29, 0.717) is 6.54 Å². The maximum absolute atomic E-state index is 12.5. The first kappa shape index (κ1) is 19.1. The topological polar surface area (TPSA) is 62.1 Å². The lowest BCUT2D eigenvalue weighted by atomic mass is 9.90. The molecule has 5 nitrogen and oxygen atoms in total. The van der Waals surface area contributed by atoms with Crippen LogP contribution in [0.3, 0.4) is 0 Å². The molecule has 0 aliphatic carbocycles. The first-order valence-corrected chi connectivity index (χ1v) is 10.8. The minimum absolute atomic E-state index is 0.0322. The minimum Gasteiger partial charge on any atom is -0.252 e. The van der Waals surface area contributed by atoms with Crippen LogP contribution in [0.4, 0.5) is 0 Å². The average Bonchev–Trinajstić information content (AvgIpc) is 3.19. The first-order valence-electron chi connectivity index (χ1n) is 9.35. The van der Waals surface area contributed by atoms with Gasteiger partial charge in [-0.15, -0.1) is 4.40 Å². The van der Waals surface area contributed by atoms with Crippen LogP contribution in [0.25, 0.3) is 0 Å². The fraction of sp³-hybridized carbons (Fsp3) is 0.130. The highest BCUT2D eigenvalue weighted by Gasteiger charge is 2.28. The van der Waals surface area contributed by atoms with E-state index in [-0.39, 0.29) is 10.8 Å². The number of benzene rings is 3. The fourth-order valence-corrected chi connectivity index (χ4v) is 4.15. The molecule has 0 fully saturated rings. The third-order valence-electron chi connectivity index (χ3n) is 4.85. The van der Waals surface area contributed by atoms with Gasteiger partial charge in [0, 0.05) is 5.92 Å². The maximum atomic E-state index is 12.5. The quantitative estimate of drug-likeness (QED) is 0.473. The second-order valence-electron chi connectivity index (χ2n) is 6.95. The molecular weight excluding hydrogens is 382 g/mol. The van der Waals surface area contributed by atoms with Crippen LogP contribution in [0.2, 0.25) is 0 Å². The third kappa shape index (κ3) is 4.27. The van der Waals surface area contributed by atoms with Crippen molar-refractivity contribution in [2.45, 2.75) is 17.7 Å². The molecular formula is C23H21N3O2S. The Kier molecular flexibility index (Phi) is 5.27. The molecule has 0 bridgehead atoms. The smallest absolute Gasteiger partial charge is 0.252 e. The van der Waals surface area contributed by atoms with Crippen LogP contribution in [-0.2, 0) is 10.0 Å². The van der Waals surface area contributed by atoms with Gasteiger partial charge < -0.3 is 0 Å². The van der Waals surface area contributed by atoms with E-state index in [4.69, 9.17) is 0 Å². The molecule has 0 aromatic heterocycles. The van der Waals surface area contributed by atoms with Crippen molar-refractivity contribution < 1.29 is 8.42 Å². The molecule has 0 saturated heterocycles. The average molecular weight is 404 g/mol. The second kappa shape index (κ2) is 8.01. The lowest BCUT2D eigenvalue weighted by Crippen LogP contribution is -2.18. The van der Waals surface area contributed by atoms with Gasteiger partial charge in [0.15, 0.2) is 0 Å². The van der Waals surface area contributed by atoms with Crippen molar-refractivity contribution in [3.8, 4) is 0 Å². The molecule has 3 aromatic carbocycles. The molecule has 0 saturated carbocycles. The molecule has 1 aliphatic heterocycles. The number of rotatable bonds is 5. The Hall–Kier alpha value is -3.25. The molecule has 6 heteroatoms. The first-order chi connectivity index (χ1) is 14.0. The van der Waals surface area contributed by atoms with Gasteiger partial charge in [-0.3, -0.25) is 5.01 Å². The van der Waals surface area contributed by atoms with Crippen molar-refractivity contribution in [3.05, 3.63) is 102 Å². The molecule has 3 aromatic rings. The Morgan fingerprint density at radius 2 is 1.55 bits per heavy atom. The van der Waals surface area contributed by atoms with Crippen molar-refractivity contribution in [1.82, 2.24) is 5.01 Å². The van der Waals surface area contributed by atoms with E-state index >= 15 is 0 Å². The summed E-state index contributed by atoms with van der Waals surface area (Å²) in [7, 11) is -3.76. The molecule has 0 radical (unpaired) electrons. The summed E-state index contributed by atoms with van der Waals surface area (Å²) in [5, 5.41) is 6.28. The number of hydrogen-bond donors (Lipinski definition) is 0. The van der Waals surface area contributed by atoms with Crippen LogP contribution < -0.4 is 0 Å². The normalized spacial score (nSPS) is 16.9. The monoisotopic (exact) mass is 403 g/mol. The second-order valence-corrected chi connectivity index (χ2v) is 8.58. The van der Waals surface area contributed by atoms with Gasteiger partial charge in [0.25, 0.3) is 10.0 Å². The van der Waals surface area contributed by atoms with Crippen LogP contribution >= 0.6 is 0 Å². The zero-order chi connectivity index (χ0) is 20.3. The molecule has 4 rings (SSSR count). The van der Waals surface area contributed by atoms with E-state index in [9.17, 15) is 8.42 Å². The minimum atomic E-state index is -3.76. The fourth-order valence-electron chi connectivity index (χ4n) is 3.30. The van der Waals surface area contributed by atoms with Gasteiger partial charge >= 0.3 is 0 Å². The molecule has 0 spiro atoms. The molecule has 29 heavy (non-hydrogen) atoms. The standard InChI is InChI=1S/C23H21N3O2S/c1-18-12-14-20(15-13-18)23-22(19-8-4-2-5-9-19)16-26(25-23)17-24-29(27,28)21-10-6-3-7-11-21/h2-15,17,22H,16H2,1H3/b24-17+. The van der Waals surface area contributed by atoms with E-state index < -0.39 is 10.0 Å². The van der Waals surface area contributed by atoms with Crippen LogP contribution in [-0.4, -0.2) is 32.0 Å². The highest BCUT2D eigenvalue weighted by Crippen LogP contribution is 2.28. The number of sulfonamides is 1. The van der Waals surface area contributed by atoms with Crippen LogP contribution in [0, 0.1) is 6.92 Å². The number of aryl methyl sites for hydroxylation is 1. The summed E-state index contributed by atoms with van der Waals surface area (Å²) >= 11 is 0. The van der Waals surface area contributed by atoms with Gasteiger partial charge in [-0.1, -0.05) is 78.4 Å². The predicted octanol–water partition coefficient (Wildman–Crippen LogP) is 4.22. The van der Waals surface area contributed by atoms with E-state index in [1.54, 1.807) is 23.2 Å². The highest BCUT2D eigenvalue weighted by molar-refractivity contribution is 7.90. The highest BCUT2D eigenvalue weighted by atomic mass is 32.2. The van der Waals surface area contributed by atoms with Crippen LogP contribution in [0.1, 0.15) is 22.6 Å². The summed E-state index contributed by atoms with van der Waals surface area (Å²) in [6.45, 7) is 2.57. The number of hydrogen-bond acceptors (Lipinski definition) is 3. The van der Waals surface area contributed by atoms with E-state index in [0.717, 1.165) is 16.8 Å². The zero-order valence-corrected chi connectivity index (χ0v) is 16.8. The molecule has 0 amide bonds. The Morgan fingerprint density at radius 1 is 0.931 bits per heavy atom.